The topological polar surface area (TPSA) is 49.4 Å². The maximum atomic E-state index is 11.6. The van der Waals surface area contributed by atoms with E-state index in [2.05, 4.69) is 24.1 Å². The summed E-state index contributed by atoms with van der Waals surface area (Å²) in [5, 5.41) is 3.75. The van der Waals surface area contributed by atoms with Crippen molar-refractivity contribution in [2.24, 2.45) is 5.92 Å². The highest BCUT2D eigenvalue weighted by Crippen LogP contribution is 2.29. The molecule has 3 atom stereocenters. The minimum absolute atomic E-state index is 0.123. The van der Waals surface area contributed by atoms with Crippen molar-refractivity contribution in [2.45, 2.75) is 70.5 Å². The molecule has 0 aromatic heterocycles. The zero-order chi connectivity index (χ0) is 15.5. The number of piperazine rings is 1. The van der Waals surface area contributed by atoms with Crippen LogP contribution in [-0.2, 0) is 9.84 Å². The van der Waals surface area contributed by atoms with Crippen molar-refractivity contribution in [1.29, 1.82) is 0 Å². The third-order valence-corrected chi connectivity index (χ3v) is 6.38. The third kappa shape index (κ3) is 4.93. The Balaban J connectivity index is 2.01. The van der Waals surface area contributed by atoms with Gasteiger partial charge in [0.15, 0.2) is 0 Å². The number of nitrogens with one attached hydrogen (secondary N) is 1. The lowest BCUT2D eigenvalue weighted by Crippen LogP contribution is -2.61. The molecule has 0 radical (unpaired) electrons. The van der Waals surface area contributed by atoms with Gasteiger partial charge in [0.2, 0.25) is 0 Å². The third-order valence-electron chi connectivity index (χ3n) is 5.29. The lowest BCUT2D eigenvalue weighted by Gasteiger charge is -2.46. The predicted octanol–water partition coefficient (Wildman–Crippen LogP) is 2.05. The molecule has 4 nitrogen and oxygen atoms in total. The monoisotopic (exact) mass is 316 g/mol. The van der Waals surface area contributed by atoms with E-state index in [-0.39, 0.29) is 11.8 Å². The second-order valence-electron chi connectivity index (χ2n) is 7.11. The SMILES string of the molecule is CCC1CNC(C2CCCCC2)CN1C(C)CS(C)(=O)=O. The smallest absolute Gasteiger partial charge is 0.148 e. The second kappa shape index (κ2) is 7.42. The van der Waals surface area contributed by atoms with Gasteiger partial charge in [-0.25, -0.2) is 8.42 Å². The van der Waals surface area contributed by atoms with E-state index in [0.29, 0.717) is 12.1 Å². The molecule has 1 aliphatic carbocycles. The first-order chi connectivity index (χ1) is 9.90. The van der Waals surface area contributed by atoms with Crippen LogP contribution in [0.1, 0.15) is 52.4 Å². The van der Waals surface area contributed by atoms with E-state index >= 15 is 0 Å². The van der Waals surface area contributed by atoms with Crippen LogP contribution in [0.3, 0.4) is 0 Å². The summed E-state index contributed by atoms with van der Waals surface area (Å²) in [6, 6.07) is 1.15. The van der Waals surface area contributed by atoms with Crippen molar-refractivity contribution < 1.29 is 8.42 Å². The Morgan fingerprint density at radius 2 is 1.90 bits per heavy atom. The van der Waals surface area contributed by atoms with E-state index in [4.69, 9.17) is 0 Å². The van der Waals surface area contributed by atoms with E-state index in [1.807, 2.05) is 0 Å². The fraction of sp³-hybridized carbons (Fsp3) is 1.00. The zero-order valence-electron chi connectivity index (χ0n) is 13.8. The standard InChI is InChI=1S/C16H32N2O2S/c1-4-15-10-17-16(14-8-6-5-7-9-14)11-18(15)13(2)12-21(3,19)20/h13-17H,4-12H2,1-3H3. The maximum absolute atomic E-state index is 11.6. The molecule has 0 bridgehead atoms. The summed E-state index contributed by atoms with van der Waals surface area (Å²) in [7, 11) is -2.91. The molecule has 1 heterocycles. The van der Waals surface area contributed by atoms with Crippen LogP contribution < -0.4 is 5.32 Å². The largest absolute Gasteiger partial charge is 0.311 e. The Labute approximate surface area is 130 Å². The summed E-state index contributed by atoms with van der Waals surface area (Å²) < 4.78 is 23.2. The number of sulfone groups is 1. The summed E-state index contributed by atoms with van der Waals surface area (Å²) in [5.74, 6) is 1.06. The molecule has 1 N–H and O–H groups in total. The Kier molecular flexibility index (Phi) is 6.09. The minimum Gasteiger partial charge on any atom is -0.311 e. The number of rotatable bonds is 5. The normalized spacial score (nSPS) is 31.2. The molecule has 0 spiro atoms. The highest BCUT2D eigenvalue weighted by molar-refractivity contribution is 7.90. The van der Waals surface area contributed by atoms with Gasteiger partial charge in [-0.3, -0.25) is 4.90 Å². The van der Waals surface area contributed by atoms with Crippen molar-refractivity contribution in [3.8, 4) is 0 Å². The maximum Gasteiger partial charge on any atom is 0.148 e. The molecule has 2 fully saturated rings. The Morgan fingerprint density at radius 1 is 1.24 bits per heavy atom. The van der Waals surface area contributed by atoms with E-state index in [1.54, 1.807) is 0 Å². The summed E-state index contributed by atoms with van der Waals surface area (Å²) in [5.41, 5.74) is 0. The average molecular weight is 317 g/mol. The Morgan fingerprint density at radius 3 is 2.48 bits per heavy atom. The molecular formula is C16H32N2O2S. The van der Waals surface area contributed by atoms with Crippen LogP contribution in [0.4, 0.5) is 0 Å². The van der Waals surface area contributed by atoms with Crippen LogP contribution in [0.2, 0.25) is 0 Å². The summed E-state index contributed by atoms with van der Waals surface area (Å²) in [4.78, 5) is 2.46. The van der Waals surface area contributed by atoms with Crippen molar-refractivity contribution in [3.05, 3.63) is 0 Å². The Hall–Kier alpha value is -0.130. The fourth-order valence-corrected chi connectivity index (χ4v) is 5.22. The quantitative estimate of drug-likeness (QED) is 0.843. The molecule has 5 heteroatoms. The van der Waals surface area contributed by atoms with Crippen LogP contribution in [0.15, 0.2) is 0 Å². The number of nitrogens with zero attached hydrogens (tertiary/aromatic N) is 1. The van der Waals surface area contributed by atoms with Gasteiger partial charge in [0.1, 0.15) is 9.84 Å². The van der Waals surface area contributed by atoms with Crippen molar-refractivity contribution in [3.63, 3.8) is 0 Å². The van der Waals surface area contributed by atoms with Gasteiger partial charge in [-0.1, -0.05) is 26.2 Å². The molecule has 124 valence electrons. The molecule has 0 amide bonds. The highest BCUT2D eigenvalue weighted by atomic mass is 32.2. The van der Waals surface area contributed by atoms with E-state index in [1.165, 1.54) is 38.4 Å². The van der Waals surface area contributed by atoms with E-state index in [0.717, 1.165) is 25.4 Å². The molecule has 1 aliphatic heterocycles. The van der Waals surface area contributed by atoms with Crippen LogP contribution >= 0.6 is 0 Å². The lowest BCUT2D eigenvalue weighted by molar-refractivity contribution is 0.0692. The summed E-state index contributed by atoms with van der Waals surface area (Å²) >= 11 is 0. The number of hydrogen-bond acceptors (Lipinski definition) is 4. The average Bonchev–Trinajstić information content (AvgIpc) is 2.45. The van der Waals surface area contributed by atoms with Crippen molar-refractivity contribution >= 4 is 9.84 Å². The van der Waals surface area contributed by atoms with Crippen LogP contribution in [-0.4, -0.2) is 56.5 Å². The van der Waals surface area contributed by atoms with E-state index < -0.39 is 9.84 Å². The molecule has 2 aliphatic rings. The van der Waals surface area contributed by atoms with Crippen molar-refractivity contribution in [1.82, 2.24) is 10.2 Å². The second-order valence-corrected chi connectivity index (χ2v) is 9.30. The highest BCUT2D eigenvalue weighted by Gasteiger charge is 2.34. The molecular weight excluding hydrogens is 284 g/mol. The molecule has 1 saturated carbocycles. The molecule has 21 heavy (non-hydrogen) atoms. The molecule has 1 saturated heterocycles. The molecule has 3 unspecified atom stereocenters. The van der Waals surface area contributed by atoms with Gasteiger partial charge in [-0.05, 0) is 32.1 Å². The number of hydrogen-bond donors (Lipinski definition) is 1. The first-order valence-corrected chi connectivity index (χ1v) is 10.6. The first kappa shape index (κ1) is 17.2. The van der Waals surface area contributed by atoms with Crippen LogP contribution in [0.5, 0.6) is 0 Å². The fourth-order valence-electron chi connectivity index (χ4n) is 4.15. The van der Waals surface area contributed by atoms with Gasteiger partial charge < -0.3 is 5.32 Å². The Bertz CT molecular complexity index is 418. The molecule has 0 aromatic carbocycles. The van der Waals surface area contributed by atoms with Gasteiger partial charge in [0.05, 0.1) is 5.75 Å². The lowest BCUT2D eigenvalue weighted by atomic mass is 9.82. The van der Waals surface area contributed by atoms with Gasteiger partial charge in [-0.15, -0.1) is 0 Å². The van der Waals surface area contributed by atoms with Crippen LogP contribution in [0.25, 0.3) is 0 Å². The predicted molar refractivity (Wildman–Crippen MR) is 88.3 cm³/mol. The van der Waals surface area contributed by atoms with Gasteiger partial charge in [0, 0.05) is 37.5 Å². The first-order valence-electron chi connectivity index (χ1n) is 8.57. The zero-order valence-corrected chi connectivity index (χ0v) is 14.7. The van der Waals surface area contributed by atoms with E-state index in [9.17, 15) is 8.42 Å². The van der Waals surface area contributed by atoms with Crippen molar-refractivity contribution in [2.75, 3.05) is 25.1 Å². The van der Waals surface area contributed by atoms with Gasteiger partial charge in [-0.2, -0.15) is 0 Å². The summed E-state index contributed by atoms with van der Waals surface area (Å²) in [6.45, 7) is 6.30. The molecule has 2 rings (SSSR count). The summed E-state index contributed by atoms with van der Waals surface area (Å²) in [6.07, 6.45) is 9.21. The van der Waals surface area contributed by atoms with Crippen LogP contribution in [0, 0.1) is 5.92 Å². The van der Waals surface area contributed by atoms with Gasteiger partial charge >= 0.3 is 0 Å². The minimum atomic E-state index is -2.91. The molecule has 0 aromatic rings. The van der Waals surface area contributed by atoms with Gasteiger partial charge in [0.25, 0.3) is 0 Å².